The highest BCUT2D eigenvalue weighted by Gasteiger charge is 2.35. The van der Waals surface area contributed by atoms with Crippen LogP contribution in [0.1, 0.15) is 101 Å². The van der Waals surface area contributed by atoms with E-state index in [1.54, 1.807) is 17.6 Å². The second kappa shape index (κ2) is 15.4. The maximum Gasteiger partial charge on any atom is 0.309 e. The number of thiophene rings is 1. The minimum absolute atomic E-state index is 0.172. The zero-order chi connectivity index (χ0) is 34.7. The van der Waals surface area contributed by atoms with Crippen LogP contribution in [0.3, 0.4) is 0 Å². The number of furan rings is 1. The van der Waals surface area contributed by atoms with Crippen molar-refractivity contribution in [2.45, 2.75) is 90.3 Å². The minimum atomic E-state index is -0.524. The van der Waals surface area contributed by atoms with E-state index in [4.69, 9.17) is 28.3 Å². The zero-order valence-corrected chi connectivity index (χ0v) is 30.0. The monoisotopic (exact) mass is 709 g/mol. The number of rotatable bonds is 11. The third kappa shape index (κ3) is 7.40. The Morgan fingerprint density at radius 2 is 1.22 bits per heavy atom. The summed E-state index contributed by atoms with van der Waals surface area (Å²) in [6.45, 7) is 3.98. The third-order valence-electron chi connectivity index (χ3n) is 10.1. The van der Waals surface area contributed by atoms with Gasteiger partial charge < -0.3 is 23.4 Å². The van der Waals surface area contributed by atoms with Crippen LogP contribution >= 0.6 is 22.7 Å². The van der Waals surface area contributed by atoms with Crippen molar-refractivity contribution >= 4 is 67.1 Å². The lowest BCUT2D eigenvalue weighted by molar-refractivity contribution is -0.158. The first-order valence-corrected chi connectivity index (χ1v) is 18.8. The molecule has 2 aliphatic rings. The van der Waals surface area contributed by atoms with Crippen LogP contribution in [-0.4, -0.2) is 43.1 Å². The maximum absolute atomic E-state index is 13.4. The minimum Gasteiger partial charge on any atom is -0.469 e. The van der Waals surface area contributed by atoms with E-state index in [0.717, 1.165) is 41.5 Å². The molecule has 0 saturated heterocycles. The number of hydrogen-bond donors (Lipinski definition) is 0. The Balaban J connectivity index is 1.27. The van der Waals surface area contributed by atoms with E-state index in [9.17, 15) is 19.2 Å². The van der Waals surface area contributed by atoms with Crippen molar-refractivity contribution in [1.82, 2.24) is 4.98 Å². The maximum atomic E-state index is 13.4. The van der Waals surface area contributed by atoms with Gasteiger partial charge in [0.15, 0.2) is 0 Å². The summed E-state index contributed by atoms with van der Waals surface area (Å²) in [6.07, 6.45) is 6.52. The Kier molecular flexibility index (Phi) is 11.0. The fraction of sp³-hybridized carbons (Fsp3) is 0.541. The molecule has 4 aromatic rings. The van der Waals surface area contributed by atoms with Gasteiger partial charge in [0.1, 0.15) is 22.8 Å². The highest BCUT2D eigenvalue weighted by atomic mass is 32.1. The number of nitrogens with zero attached hydrogens (tertiary/aromatic N) is 1. The van der Waals surface area contributed by atoms with Gasteiger partial charge in [-0.05, 0) is 70.3 Å². The fourth-order valence-electron chi connectivity index (χ4n) is 7.20. The summed E-state index contributed by atoms with van der Waals surface area (Å²) in [6, 6.07) is 7.85. The molecule has 3 heterocycles. The van der Waals surface area contributed by atoms with Crippen LogP contribution in [0.25, 0.3) is 30.4 Å². The van der Waals surface area contributed by atoms with Gasteiger partial charge in [-0.1, -0.05) is 26.0 Å². The van der Waals surface area contributed by atoms with E-state index in [2.05, 4.69) is 0 Å². The molecule has 0 N–H and O–H groups in total. The highest BCUT2D eigenvalue weighted by Crippen LogP contribution is 2.44. The molecule has 1 aromatic carbocycles. The van der Waals surface area contributed by atoms with Crippen LogP contribution in [0.5, 0.6) is 0 Å². The van der Waals surface area contributed by atoms with Crippen LogP contribution in [-0.2, 0) is 38.1 Å². The number of hydrogen-bond acceptors (Lipinski definition) is 12. The normalized spacial score (nSPS) is 22.4. The fourth-order valence-corrected chi connectivity index (χ4v) is 9.39. The molecule has 49 heavy (non-hydrogen) atoms. The summed E-state index contributed by atoms with van der Waals surface area (Å²) in [4.78, 5) is 57.0. The molecule has 3 aromatic heterocycles. The molecule has 12 heteroatoms. The molecule has 262 valence electrons. The summed E-state index contributed by atoms with van der Waals surface area (Å²) in [7, 11) is 2.79. The largest absolute Gasteiger partial charge is 0.469 e. The lowest BCUT2D eigenvalue weighted by Crippen LogP contribution is -2.28. The molecule has 10 nitrogen and oxygen atoms in total. The number of esters is 4. The van der Waals surface area contributed by atoms with Gasteiger partial charge in [0, 0.05) is 17.2 Å². The van der Waals surface area contributed by atoms with Gasteiger partial charge >= 0.3 is 23.9 Å². The Hall–Kier alpha value is -3.77. The van der Waals surface area contributed by atoms with Crippen molar-refractivity contribution in [1.29, 1.82) is 0 Å². The standard InChI is InChI=1S/C37H43NO9S2/c1-5-26(46-36(41)22-11-7-20(8-12-22)34(39)43-3)24-15-16-25(27(6-2)47-37(42)23-13-9-21(10-14-23)35(40)44-4)32-31(24)38-33(49-32)30-19-28-29(48-30)17-18-45-28/h15-23,26-27H,5-14H2,1-4H3. The molecule has 0 spiro atoms. The predicted molar refractivity (Wildman–Crippen MR) is 186 cm³/mol. The van der Waals surface area contributed by atoms with E-state index in [-0.39, 0.29) is 47.5 Å². The van der Waals surface area contributed by atoms with Crippen molar-refractivity contribution < 1.29 is 42.5 Å². The first kappa shape index (κ1) is 35.1. The second-order valence-corrected chi connectivity index (χ2v) is 15.1. The van der Waals surface area contributed by atoms with E-state index >= 15 is 0 Å². The molecule has 2 unspecified atom stereocenters. The van der Waals surface area contributed by atoms with Crippen LogP contribution in [0.4, 0.5) is 0 Å². The number of aromatic nitrogens is 1. The lowest BCUT2D eigenvalue weighted by atomic mass is 9.82. The topological polar surface area (TPSA) is 131 Å². The quantitative estimate of drug-likeness (QED) is 0.110. The lowest BCUT2D eigenvalue weighted by Gasteiger charge is -2.28. The van der Waals surface area contributed by atoms with Gasteiger partial charge in [0.25, 0.3) is 0 Å². The molecule has 0 bridgehead atoms. The van der Waals surface area contributed by atoms with Crippen molar-refractivity contribution in [2.24, 2.45) is 23.7 Å². The number of benzene rings is 1. The van der Waals surface area contributed by atoms with E-state index in [0.29, 0.717) is 64.2 Å². The number of carbonyl (C=O) groups excluding carboxylic acids is 4. The number of thiazole rings is 1. The summed E-state index contributed by atoms with van der Waals surface area (Å²) in [5.74, 6) is -1.84. The highest BCUT2D eigenvalue weighted by molar-refractivity contribution is 7.28. The van der Waals surface area contributed by atoms with Gasteiger partial charge in [0.2, 0.25) is 0 Å². The van der Waals surface area contributed by atoms with Gasteiger partial charge in [-0.15, -0.1) is 22.7 Å². The summed E-state index contributed by atoms with van der Waals surface area (Å²) in [5.41, 5.74) is 3.20. The Morgan fingerprint density at radius 1 is 0.735 bits per heavy atom. The summed E-state index contributed by atoms with van der Waals surface area (Å²) in [5, 5.41) is 0.810. The van der Waals surface area contributed by atoms with Crippen molar-refractivity contribution in [3.05, 3.63) is 41.7 Å². The molecule has 0 amide bonds. The molecule has 0 radical (unpaired) electrons. The van der Waals surface area contributed by atoms with Crippen LogP contribution < -0.4 is 0 Å². The Labute approximate surface area is 293 Å². The SMILES string of the molecule is CCC(OC(=O)C1CCC(C(=O)OC)CC1)c1ccc(C(CC)OC(=O)C2CCC(C(=O)OC)CC2)c2sc(-c3cc4occc4s3)nc12. The molecule has 6 rings (SSSR count). The number of ether oxygens (including phenoxy) is 4. The Bertz CT molecular complexity index is 1680. The summed E-state index contributed by atoms with van der Waals surface area (Å²) >= 11 is 3.13. The van der Waals surface area contributed by atoms with Crippen molar-refractivity contribution in [3.8, 4) is 9.88 Å². The number of fused-ring (bicyclic) bond motifs is 2. The van der Waals surface area contributed by atoms with Crippen molar-refractivity contribution in [3.63, 3.8) is 0 Å². The molecule has 2 fully saturated rings. The van der Waals surface area contributed by atoms with Gasteiger partial charge in [-0.2, -0.15) is 0 Å². The average molecular weight is 710 g/mol. The van der Waals surface area contributed by atoms with Gasteiger partial charge in [-0.3, -0.25) is 19.2 Å². The van der Waals surface area contributed by atoms with Crippen LogP contribution in [0, 0.1) is 23.7 Å². The molecular weight excluding hydrogens is 667 g/mol. The van der Waals surface area contributed by atoms with E-state index < -0.39 is 12.2 Å². The predicted octanol–water partition coefficient (Wildman–Crippen LogP) is 8.72. The summed E-state index contributed by atoms with van der Waals surface area (Å²) < 4.78 is 29.7. The van der Waals surface area contributed by atoms with E-state index in [1.807, 2.05) is 38.1 Å². The first-order valence-electron chi connectivity index (χ1n) is 17.2. The second-order valence-electron chi connectivity index (χ2n) is 13.0. The molecule has 2 saturated carbocycles. The van der Waals surface area contributed by atoms with Crippen LogP contribution in [0.2, 0.25) is 0 Å². The van der Waals surface area contributed by atoms with Crippen molar-refractivity contribution in [2.75, 3.05) is 14.2 Å². The molecular formula is C37H43NO9S2. The number of methoxy groups -OCH3 is 2. The Morgan fingerprint density at radius 3 is 1.71 bits per heavy atom. The number of carbonyl (C=O) groups is 4. The molecule has 2 aliphatic carbocycles. The average Bonchev–Trinajstić information content (AvgIpc) is 3.88. The van der Waals surface area contributed by atoms with E-state index in [1.165, 1.54) is 25.6 Å². The zero-order valence-electron chi connectivity index (χ0n) is 28.4. The van der Waals surface area contributed by atoms with Gasteiger partial charge in [-0.25, -0.2) is 4.98 Å². The van der Waals surface area contributed by atoms with Gasteiger partial charge in [0.05, 0.1) is 63.9 Å². The smallest absolute Gasteiger partial charge is 0.309 e. The third-order valence-corrected chi connectivity index (χ3v) is 12.5. The van der Waals surface area contributed by atoms with Crippen LogP contribution in [0.15, 0.2) is 34.9 Å². The first-order chi connectivity index (χ1) is 23.7. The molecule has 0 aliphatic heterocycles. The molecule has 2 atom stereocenters.